The minimum atomic E-state index is -0.301. The molecule has 2 heterocycles. The van der Waals surface area contributed by atoms with Gasteiger partial charge in [0.15, 0.2) is 0 Å². The molecule has 3 aromatic carbocycles. The van der Waals surface area contributed by atoms with Crippen LogP contribution in [-0.2, 0) is 0 Å². The van der Waals surface area contributed by atoms with Crippen molar-refractivity contribution in [2.24, 2.45) is 0 Å². The molecule has 0 radical (unpaired) electrons. The molecule has 0 amide bonds. The summed E-state index contributed by atoms with van der Waals surface area (Å²) in [5, 5.41) is 0.534. The van der Waals surface area contributed by atoms with E-state index in [0.717, 1.165) is 27.9 Å². The number of halogens is 1. The lowest BCUT2D eigenvalue weighted by Crippen LogP contribution is -2.23. The number of nitrogens with zero attached hydrogens (tertiary/aromatic N) is 3. The molecule has 0 N–H and O–H groups in total. The highest BCUT2D eigenvalue weighted by atomic mass is 19.1. The maximum atomic E-state index is 13.6. The molecule has 0 aliphatic heterocycles. The molecular weight excluding hydrogens is 437 g/mol. The Hall–Kier alpha value is -4.82. The van der Waals surface area contributed by atoms with Crippen molar-refractivity contribution in [2.45, 2.75) is 6.92 Å². The van der Waals surface area contributed by atoms with E-state index in [9.17, 15) is 9.18 Å². The van der Waals surface area contributed by atoms with E-state index in [1.54, 1.807) is 41.2 Å². The fraction of sp³-hybridized carbons (Fsp3) is 0.0333. The number of rotatable bonds is 3. The van der Waals surface area contributed by atoms with Crippen molar-refractivity contribution in [1.82, 2.24) is 14.5 Å². The average Bonchev–Trinajstić information content (AvgIpc) is 2.88. The zero-order valence-corrected chi connectivity index (χ0v) is 18.9. The largest absolute Gasteiger partial charge is 0.268 e. The number of fused-ring (bicyclic) bond motifs is 1. The highest BCUT2D eigenvalue weighted by molar-refractivity contribution is 5.80. The van der Waals surface area contributed by atoms with Gasteiger partial charge in [-0.2, -0.15) is 0 Å². The normalized spacial score (nSPS) is 10.9. The van der Waals surface area contributed by atoms with Crippen LogP contribution in [0.15, 0.2) is 96.1 Å². The van der Waals surface area contributed by atoms with Crippen molar-refractivity contribution in [2.75, 3.05) is 0 Å². The molecule has 0 aliphatic carbocycles. The Bertz CT molecular complexity index is 1680. The maximum absolute atomic E-state index is 13.6. The zero-order chi connectivity index (χ0) is 24.2. The monoisotopic (exact) mass is 457 g/mol. The molecule has 0 bridgehead atoms. The van der Waals surface area contributed by atoms with Crippen LogP contribution >= 0.6 is 0 Å². The van der Waals surface area contributed by atoms with E-state index in [4.69, 9.17) is 4.98 Å². The highest BCUT2D eigenvalue weighted by Crippen LogP contribution is 2.19. The lowest BCUT2D eigenvalue weighted by atomic mass is 10.1. The van der Waals surface area contributed by atoms with Gasteiger partial charge < -0.3 is 0 Å². The van der Waals surface area contributed by atoms with Crippen molar-refractivity contribution in [3.05, 3.63) is 136 Å². The van der Waals surface area contributed by atoms with E-state index in [-0.39, 0.29) is 11.4 Å². The third kappa shape index (κ3) is 4.78. The summed E-state index contributed by atoms with van der Waals surface area (Å²) in [5.41, 5.74) is 4.53. The number of pyridine rings is 1. The van der Waals surface area contributed by atoms with Gasteiger partial charge in [-0.1, -0.05) is 42.2 Å². The number of benzene rings is 3. The van der Waals surface area contributed by atoms with Gasteiger partial charge in [-0.05, 0) is 78.7 Å². The Morgan fingerprint density at radius 3 is 2.46 bits per heavy atom. The van der Waals surface area contributed by atoms with Gasteiger partial charge in [0.05, 0.1) is 16.6 Å². The molecule has 5 aromatic rings. The number of para-hydroxylation sites is 1. The van der Waals surface area contributed by atoms with Crippen LogP contribution in [0.3, 0.4) is 0 Å². The number of hydrogen-bond donors (Lipinski definition) is 0. The third-order valence-corrected chi connectivity index (χ3v) is 5.55. The van der Waals surface area contributed by atoms with Gasteiger partial charge in [-0.15, -0.1) is 0 Å². The predicted octanol–water partition coefficient (Wildman–Crippen LogP) is 5.80. The van der Waals surface area contributed by atoms with E-state index in [2.05, 4.69) is 16.8 Å². The first kappa shape index (κ1) is 22.0. The molecule has 5 heteroatoms. The summed E-state index contributed by atoms with van der Waals surface area (Å²) in [5.74, 6) is 6.44. The SMILES string of the molecule is Cc1cc(C#Cc2cccnc2)ccc1-n1c(C=Cc2ccc(F)cc2)nc2ccccc2c1=O. The Morgan fingerprint density at radius 2 is 1.69 bits per heavy atom. The molecule has 0 atom stereocenters. The fourth-order valence-corrected chi connectivity index (χ4v) is 3.80. The van der Waals surface area contributed by atoms with E-state index < -0.39 is 0 Å². The van der Waals surface area contributed by atoms with Gasteiger partial charge in [0.1, 0.15) is 11.6 Å². The topological polar surface area (TPSA) is 47.8 Å². The van der Waals surface area contributed by atoms with E-state index >= 15 is 0 Å². The maximum Gasteiger partial charge on any atom is 0.266 e. The molecule has 35 heavy (non-hydrogen) atoms. The van der Waals surface area contributed by atoms with Crippen molar-refractivity contribution < 1.29 is 4.39 Å². The average molecular weight is 458 g/mol. The highest BCUT2D eigenvalue weighted by Gasteiger charge is 2.13. The smallest absolute Gasteiger partial charge is 0.266 e. The van der Waals surface area contributed by atoms with Gasteiger partial charge in [-0.25, -0.2) is 9.37 Å². The van der Waals surface area contributed by atoms with Crippen LogP contribution in [-0.4, -0.2) is 14.5 Å². The van der Waals surface area contributed by atoms with E-state index in [1.807, 2.05) is 61.5 Å². The molecule has 0 fully saturated rings. The predicted molar refractivity (Wildman–Crippen MR) is 138 cm³/mol. The van der Waals surface area contributed by atoms with Crippen molar-refractivity contribution in [1.29, 1.82) is 0 Å². The van der Waals surface area contributed by atoms with Crippen molar-refractivity contribution >= 4 is 23.1 Å². The summed E-state index contributed by atoms with van der Waals surface area (Å²) in [6.07, 6.45) is 7.02. The summed E-state index contributed by atoms with van der Waals surface area (Å²) in [6.45, 7) is 1.94. The standard InChI is InChI=1S/C30H20FN3O/c1-21-19-23(8-9-24-5-4-18-32-20-24)12-16-28(21)34-29(17-13-22-10-14-25(31)15-11-22)33-27-7-3-2-6-26(27)30(34)35/h2-7,10-20H,1H3. The van der Waals surface area contributed by atoms with Crippen LogP contribution in [0.5, 0.6) is 0 Å². The summed E-state index contributed by atoms with van der Waals surface area (Å²) in [7, 11) is 0. The van der Waals surface area contributed by atoms with Gasteiger partial charge >= 0.3 is 0 Å². The molecule has 2 aromatic heterocycles. The van der Waals surface area contributed by atoms with Gasteiger partial charge in [0.2, 0.25) is 0 Å². The molecule has 168 valence electrons. The second-order valence-corrected chi connectivity index (χ2v) is 8.01. The van der Waals surface area contributed by atoms with Crippen molar-refractivity contribution in [3.63, 3.8) is 0 Å². The van der Waals surface area contributed by atoms with E-state index in [0.29, 0.717) is 16.7 Å². The Kier molecular flexibility index (Phi) is 6.02. The lowest BCUT2D eigenvalue weighted by Gasteiger charge is -2.14. The first-order chi connectivity index (χ1) is 17.1. The van der Waals surface area contributed by atoms with Crippen LogP contribution < -0.4 is 5.56 Å². The van der Waals surface area contributed by atoms with Gasteiger partial charge in [0.25, 0.3) is 5.56 Å². The summed E-state index contributed by atoms with van der Waals surface area (Å²) in [6, 6.07) is 22.9. The molecule has 0 unspecified atom stereocenters. The Balaban J connectivity index is 1.61. The lowest BCUT2D eigenvalue weighted by molar-refractivity contribution is 0.628. The number of aromatic nitrogens is 3. The van der Waals surface area contributed by atoms with Crippen LogP contribution in [0.2, 0.25) is 0 Å². The van der Waals surface area contributed by atoms with Crippen LogP contribution in [0.25, 0.3) is 28.7 Å². The second kappa shape index (κ2) is 9.58. The summed E-state index contributed by atoms with van der Waals surface area (Å²) < 4.78 is 14.9. The minimum Gasteiger partial charge on any atom is -0.268 e. The summed E-state index contributed by atoms with van der Waals surface area (Å²) in [4.78, 5) is 22.4. The third-order valence-electron chi connectivity index (χ3n) is 5.55. The molecule has 0 aliphatic rings. The Labute approximate surface area is 202 Å². The van der Waals surface area contributed by atoms with Crippen LogP contribution in [0.1, 0.15) is 28.1 Å². The molecular formula is C30H20FN3O. The quantitative estimate of drug-likeness (QED) is 0.322. The molecule has 0 saturated heterocycles. The minimum absolute atomic E-state index is 0.161. The van der Waals surface area contributed by atoms with Crippen LogP contribution in [0, 0.1) is 24.6 Å². The molecule has 4 nitrogen and oxygen atoms in total. The Morgan fingerprint density at radius 1 is 0.886 bits per heavy atom. The van der Waals surface area contributed by atoms with Gasteiger partial charge in [-0.3, -0.25) is 14.3 Å². The summed E-state index contributed by atoms with van der Waals surface area (Å²) >= 11 is 0. The molecule has 0 saturated carbocycles. The molecule has 5 rings (SSSR count). The van der Waals surface area contributed by atoms with Gasteiger partial charge in [0, 0.05) is 23.5 Å². The second-order valence-electron chi connectivity index (χ2n) is 8.01. The van der Waals surface area contributed by atoms with Crippen LogP contribution in [0.4, 0.5) is 4.39 Å². The van der Waals surface area contributed by atoms with E-state index in [1.165, 1.54) is 12.1 Å². The first-order valence-corrected chi connectivity index (χ1v) is 11.1. The number of aryl methyl sites for hydroxylation is 1. The zero-order valence-electron chi connectivity index (χ0n) is 18.9. The number of hydrogen-bond acceptors (Lipinski definition) is 3. The first-order valence-electron chi connectivity index (χ1n) is 11.1. The van der Waals surface area contributed by atoms with Crippen molar-refractivity contribution in [3.8, 4) is 17.5 Å². The molecule has 0 spiro atoms. The fourth-order valence-electron chi connectivity index (χ4n) is 3.80.